The highest BCUT2D eigenvalue weighted by Crippen LogP contribution is 2.41. The number of nitrogens with zero attached hydrogens (tertiary/aromatic N) is 1. The summed E-state index contributed by atoms with van der Waals surface area (Å²) in [4.78, 5) is 2.40. The minimum absolute atomic E-state index is 0.219. The molecule has 1 N–H and O–H groups in total. The molecule has 2 aromatic rings. The predicted octanol–water partition coefficient (Wildman–Crippen LogP) is 3.04. The molecular weight excluding hydrogens is 246 g/mol. The van der Waals surface area contributed by atoms with Crippen molar-refractivity contribution in [2.24, 2.45) is 0 Å². The predicted molar refractivity (Wildman–Crippen MR) is 81.5 cm³/mol. The van der Waals surface area contributed by atoms with E-state index in [4.69, 9.17) is 0 Å². The zero-order chi connectivity index (χ0) is 13.9. The fourth-order valence-corrected chi connectivity index (χ4v) is 3.38. The van der Waals surface area contributed by atoms with Gasteiger partial charge in [-0.2, -0.15) is 0 Å². The second-order valence-corrected chi connectivity index (χ2v) is 5.58. The fourth-order valence-electron chi connectivity index (χ4n) is 3.38. The van der Waals surface area contributed by atoms with Gasteiger partial charge in [0.25, 0.3) is 0 Å². The van der Waals surface area contributed by atoms with Crippen LogP contribution < -0.4 is 0 Å². The molecule has 0 saturated carbocycles. The van der Waals surface area contributed by atoms with Crippen LogP contribution in [-0.2, 0) is 6.54 Å². The summed E-state index contributed by atoms with van der Waals surface area (Å²) in [6.07, 6.45) is 0. The first-order chi connectivity index (χ1) is 9.81. The van der Waals surface area contributed by atoms with Crippen LogP contribution in [0, 0.1) is 0 Å². The Morgan fingerprint density at radius 3 is 2.15 bits per heavy atom. The van der Waals surface area contributed by atoms with E-state index in [1.54, 1.807) is 0 Å². The van der Waals surface area contributed by atoms with Crippen molar-refractivity contribution in [2.45, 2.75) is 31.5 Å². The van der Waals surface area contributed by atoms with E-state index in [9.17, 15) is 5.11 Å². The van der Waals surface area contributed by atoms with Crippen LogP contribution in [-0.4, -0.2) is 28.7 Å². The average molecular weight is 267 g/mol. The lowest BCUT2D eigenvalue weighted by molar-refractivity contribution is -0.0411. The van der Waals surface area contributed by atoms with Gasteiger partial charge in [-0.15, -0.1) is 0 Å². The van der Waals surface area contributed by atoms with Crippen LogP contribution in [0.25, 0.3) is 0 Å². The Hall–Kier alpha value is -1.64. The Morgan fingerprint density at radius 1 is 0.950 bits per heavy atom. The van der Waals surface area contributed by atoms with Gasteiger partial charge in [-0.25, -0.2) is 0 Å². The van der Waals surface area contributed by atoms with E-state index in [0.717, 1.165) is 6.54 Å². The lowest BCUT2D eigenvalue weighted by Crippen LogP contribution is -2.61. The van der Waals surface area contributed by atoms with Crippen molar-refractivity contribution in [3.8, 4) is 0 Å². The molecule has 0 unspecified atom stereocenters. The molecule has 0 aromatic heterocycles. The quantitative estimate of drug-likeness (QED) is 0.920. The second kappa shape index (κ2) is 5.78. The molecule has 20 heavy (non-hydrogen) atoms. The van der Waals surface area contributed by atoms with Gasteiger partial charge in [-0.1, -0.05) is 60.7 Å². The normalized spacial score (nSPS) is 26.2. The molecule has 2 nitrogen and oxygen atoms in total. The molecule has 2 aromatic carbocycles. The van der Waals surface area contributed by atoms with Crippen molar-refractivity contribution in [1.82, 2.24) is 4.90 Å². The molecule has 0 bridgehead atoms. The van der Waals surface area contributed by atoms with Crippen LogP contribution in [0.5, 0.6) is 0 Å². The van der Waals surface area contributed by atoms with Gasteiger partial charge >= 0.3 is 0 Å². The van der Waals surface area contributed by atoms with Gasteiger partial charge in [0.2, 0.25) is 0 Å². The zero-order valence-electron chi connectivity index (χ0n) is 11.8. The Bertz CT molecular complexity index is 540. The molecule has 3 atom stereocenters. The van der Waals surface area contributed by atoms with E-state index in [-0.39, 0.29) is 12.6 Å². The highest BCUT2D eigenvalue weighted by atomic mass is 16.3. The van der Waals surface area contributed by atoms with E-state index >= 15 is 0 Å². The number of hydrogen-bond acceptors (Lipinski definition) is 2. The summed E-state index contributed by atoms with van der Waals surface area (Å²) in [7, 11) is 0. The van der Waals surface area contributed by atoms with Crippen LogP contribution in [0.1, 0.15) is 24.0 Å². The molecule has 3 rings (SSSR count). The maximum Gasteiger partial charge on any atom is 0.0593 e. The molecular formula is C18H21NO. The van der Waals surface area contributed by atoms with Crippen molar-refractivity contribution < 1.29 is 5.11 Å². The molecule has 2 heteroatoms. The lowest BCUT2D eigenvalue weighted by atomic mass is 9.76. The summed E-state index contributed by atoms with van der Waals surface area (Å²) in [5.74, 6) is 0.435. The average Bonchev–Trinajstić information content (AvgIpc) is 2.51. The molecule has 1 heterocycles. The summed E-state index contributed by atoms with van der Waals surface area (Å²) in [5, 5.41) is 9.74. The van der Waals surface area contributed by atoms with Gasteiger partial charge in [0.05, 0.1) is 6.61 Å². The van der Waals surface area contributed by atoms with Crippen molar-refractivity contribution in [1.29, 1.82) is 0 Å². The van der Waals surface area contributed by atoms with E-state index < -0.39 is 0 Å². The number of benzene rings is 2. The maximum atomic E-state index is 9.74. The van der Waals surface area contributed by atoms with E-state index in [2.05, 4.69) is 60.4 Å². The summed E-state index contributed by atoms with van der Waals surface area (Å²) in [6, 6.07) is 21.7. The molecule has 0 spiro atoms. The largest absolute Gasteiger partial charge is 0.395 e. The van der Waals surface area contributed by atoms with E-state index in [0.29, 0.717) is 12.0 Å². The van der Waals surface area contributed by atoms with Crippen LogP contribution in [0.3, 0.4) is 0 Å². The Balaban J connectivity index is 1.75. The number of likely N-dealkylation sites (tertiary alicyclic amines) is 1. The van der Waals surface area contributed by atoms with Gasteiger partial charge in [-0.05, 0) is 18.1 Å². The summed E-state index contributed by atoms with van der Waals surface area (Å²) in [5.41, 5.74) is 2.65. The minimum atomic E-state index is 0.219. The van der Waals surface area contributed by atoms with Crippen molar-refractivity contribution in [2.75, 3.05) is 6.61 Å². The number of rotatable bonds is 4. The van der Waals surface area contributed by atoms with Crippen molar-refractivity contribution >= 4 is 0 Å². The highest BCUT2D eigenvalue weighted by Gasteiger charge is 2.45. The third kappa shape index (κ3) is 2.37. The zero-order valence-corrected chi connectivity index (χ0v) is 11.8. The fraction of sp³-hybridized carbons (Fsp3) is 0.333. The van der Waals surface area contributed by atoms with Crippen molar-refractivity contribution in [3.05, 3.63) is 71.8 Å². The van der Waals surface area contributed by atoms with Crippen LogP contribution in [0.4, 0.5) is 0 Å². The number of hydrogen-bond donors (Lipinski definition) is 1. The van der Waals surface area contributed by atoms with Gasteiger partial charge < -0.3 is 5.11 Å². The smallest absolute Gasteiger partial charge is 0.0593 e. The minimum Gasteiger partial charge on any atom is -0.395 e. The Morgan fingerprint density at radius 2 is 1.55 bits per heavy atom. The highest BCUT2D eigenvalue weighted by molar-refractivity contribution is 5.28. The van der Waals surface area contributed by atoms with Crippen molar-refractivity contribution in [3.63, 3.8) is 0 Å². The first kappa shape index (κ1) is 13.3. The lowest BCUT2D eigenvalue weighted by Gasteiger charge is -2.54. The van der Waals surface area contributed by atoms with Gasteiger partial charge in [-0.3, -0.25) is 4.90 Å². The third-order valence-corrected chi connectivity index (χ3v) is 4.46. The Labute approximate surface area is 120 Å². The molecule has 0 radical (unpaired) electrons. The molecule has 0 aliphatic carbocycles. The molecule has 1 aliphatic heterocycles. The Kier molecular flexibility index (Phi) is 3.86. The van der Waals surface area contributed by atoms with Gasteiger partial charge in [0.15, 0.2) is 0 Å². The third-order valence-electron chi connectivity index (χ3n) is 4.46. The van der Waals surface area contributed by atoms with Crippen LogP contribution >= 0.6 is 0 Å². The number of aliphatic hydroxyl groups excluding tert-OH is 1. The van der Waals surface area contributed by atoms with Gasteiger partial charge in [0, 0.05) is 24.5 Å². The molecule has 1 fully saturated rings. The molecule has 0 amide bonds. The first-order valence-electron chi connectivity index (χ1n) is 7.26. The molecule has 104 valence electrons. The maximum absolute atomic E-state index is 9.74. The summed E-state index contributed by atoms with van der Waals surface area (Å²) < 4.78 is 0. The number of aliphatic hydroxyl groups is 1. The standard InChI is InChI=1S/C18H21NO/c1-14-18(16-10-6-3-7-11-16)17(13-20)19(14)12-15-8-4-2-5-9-15/h2-11,14,17-18,20H,12-13H2,1H3/t14-,17+,18+/m0/s1. The summed E-state index contributed by atoms with van der Waals surface area (Å²) >= 11 is 0. The van der Waals surface area contributed by atoms with Crippen LogP contribution in [0.15, 0.2) is 60.7 Å². The second-order valence-electron chi connectivity index (χ2n) is 5.58. The van der Waals surface area contributed by atoms with Gasteiger partial charge in [0.1, 0.15) is 0 Å². The topological polar surface area (TPSA) is 23.5 Å². The summed E-state index contributed by atoms with van der Waals surface area (Å²) in [6.45, 7) is 3.39. The first-order valence-corrected chi connectivity index (χ1v) is 7.26. The molecule has 1 saturated heterocycles. The van der Waals surface area contributed by atoms with E-state index in [1.807, 2.05) is 12.1 Å². The van der Waals surface area contributed by atoms with E-state index in [1.165, 1.54) is 11.1 Å². The van der Waals surface area contributed by atoms with Crippen LogP contribution in [0.2, 0.25) is 0 Å². The molecule has 1 aliphatic rings. The monoisotopic (exact) mass is 267 g/mol. The SMILES string of the molecule is C[C@H]1[C@H](c2ccccc2)[C@@H](CO)N1Cc1ccccc1.